The summed E-state index contributed by atoms with van der Waals surface area (Å²) in [7, 11) is 0. The van der Waals surface area contributed by atoms with Crippen molar-refractivity contribution in [2.24, 2.45) is 10.1 Å². The lowest BCUT2D eigenvalue weighted by molar-refractivity contribution is -0.384. The molecule has 2 heterocycles. The zero-order valence-corrected chi connectivity index (χ0v) is 19.1. The molecule has 1 saturated heterocycles. The van der Waals surface area contributed by atoms with Gasteiger partial charge in [0.15, 0.2) is 0 Å². The van der Waals surface area contributed by atoms with Crippen LogP contribution in [0.2, 0.25) is 0 Å². The smallest absolute Gasteiger partial charge is 0.293 e. The molecule has 3 rings (SSSR count). The maximum absolute atomic E-state index is 11.5. The van der Waals surface area contributed by atoms with Gasteiger partial charge in [0, 0.05) is 56.4 Å². The van der Waals surface area contributed by atoms with E-state index in [-0.39, 0.29) is 16.7 Å². The molecule has 2 aromatic rings. The van der Waals surface area contributed by atoms with Crippen molar-refractivity contribution in [1.29, 1.82) is 0 Å². The van der Waals surface area contributed by atoms with Gasteiger partial charge >= 0.3 is 0 Å². The van der Waals surface area contributed by atoms with Gasteiger partial charge in [0.2, 0.25) is 5.96 Å². The molecule has 172 valence electrons. The molecule has 0 amide bonds. The minimum absolute atomic E-state index is 0.104. The number of likely N-dealkylation sites (tertiary alicyclic amines) is 1. The number of aromatic nitrogens is 1. The first-order valence-electron chi connectivity index (χ1n) is 11.3. The number of nitro benzene ring substituents is 1. The molecule has 0 spiro atoms. The van der Waals surface area contributed by atoms with E-state index in [1.807, 2.05) is 42.1 Å². The van der Waals surface area contributed by atoms with Crippen LogP contribution in [0.3, 0.4) is 0 Å². The molecule has 32 heavy (non-hydrogen) atoms. The number of benzene rings is 1. The van der Waals surface area contributed by atoms with Crippen molar-refractivity contribution in [2.75, 3.05) is 26.2 Å². The molecule has 0 saturated carbocycles. The quantitative estimate of drug-likeness (QED) is 0.279. The molecule has 1 aliphatic heterocycles. The minimum atomic E-state index is -0.332. The fourth-order valence-electron chi connectivity index (χ4n) is 4.09. The largest absolute Gasteiger partial charge is 0.342 e. The summed E-state index contributed by atoms with van der Waals surface area (Å²) in [5.41, 5.74) is 4.83. The average molecular weight is 440 g/mol. The van der Waals surface area contributed by atoms with E-state index in [1.54, 1.807) is 18.2 Å². The lowest BCUT2D eigenvalue weighted by atomic mass is 10.2. The average Bonchev–Trinajstić information content (AvgIpc) is 3.44. The Kier molecular flexibility index (Phi) is 8.38. The fraction of sp³-hybridized carbons (Fsp3) is 0.478. The van der Waals surface area contributed by atoms with Gasteiger partial charge in [-0.1, -0.05) is 12.1 Å². The topological polar surface area (TPSA) is 91.3 Å². The first kappa shape index (κ1) is 23.5. The summed E-state index contributed by atoms with van der Waals surface area (Å²) in [5.74, 6) is 0.795. The number of guanidine groups is 1. The van der Waals surface area contributed by atoms with Crippen LogP contribution in [0.1, 0.15) is 39.3 Å². The van der Waals surface area contributed by atoms with Crippen LogP contribution in [0.4, 0.5) is 5.69 Å². The van der Waals surface area contributed by atoms with Crippen molar-refractivity contribution in [3.05, 3.63) is 58.4 Å². The molecular formula is C23H33N7O2. The van der Waals surface area contributed by atoms with Crippen molar-refractivity contribution in [3.8, 4) is 5.69 Å². The van der Waals surface area contributed by atoms with E-state index in [2.05, 4.69) is 39.2 Å². The Morgan fingerprint density at radius 1 is 1.25 bits per heavy atom. The number of hydrazone groups is 1. The summed E-state index contributed by atoms with van der Waals surface area (Å²) >= 11 is 0. The SMILES string of the molecule is CCN=C(N/N=C/C1CCCN1Cc1cccn1-c1ccccc1[N+](=O)[O-])N(CC)CC. The molecule has 1 unspecified atom stereocenters. The van der Waals surface area contributed by atoms with E-state index >= 15 is 0 Å². The van der Waals surface area contributed by atoms with Crippen LogP contribution in [0.15, 0.2) is 52.7 Å². The third kappa shape index (κ3) is 5.53. The number of aliphatic imine (C=N–C) groups is 1. The Balaban J connectivity index is 1.72. The summed E-state index contributed by atoms with van der Waals surface area (Å²) in [6, 6.07) is 11.0. The van der Waals surface area contributed by atoms with Crippen molar-refractivity contribution in [2.45, 2.75) is 46.2 Å². The second kappa shape index (κ2) is 11.4. The zero-order valence-electron chi connectivity index (χ0n) is 19.1. The molecule has 1 aromatic carbocycles. The molecule has 0 aliphatic carbocycles. The highest BCUT2D eigenvalue weighted by Gasteiger charge is 2.25. The Morgan fingerprint density at radius 3 is 2.75 bits per heavy atom. The Labute approximate surface area is 189 Å². The summed E-state index contributed by atoms with van der Waals surface area (Å²) in [5, 5.41) is 16.0. The summed E-state index contributed by atoms with van der Waals surface area (Å²) in [6.07, 6.45) is 5.97. The number of nitrogens with zero attached hydrogens (tertiary/aromatic N) is 6. The molecule has 1 atom stereocenters. The van der Waals surface area contributed by atoms with Gasteiger partial charge in [-0.15, -0.1) is 0 Å². The molecule has 0 radical (unpaired) electrons. The lowest BCUT2D eigenvalue weighted by Gasteiger charge is -2.23. The number of nitro groups is 1. The molecule has 9 heteroatoms. The van der Waals surface area contributed by atoms with Crippen molar-refractivity contribution >= 4 is 17.9 Å². The molecule has 1 aliphatic rings. The van der Waals surface area contributed by atoms with E-state index in [9.17, 15) is 10.1 Å². The molecule has 1 fully saturated rings. The highest BCUT2D eigenvalue weighted by molar-refractivity contribution is 5.81. The third-order valence-corrected chi connectivity index (χ3v) is 5.73. The second-order valence-electron chi connectivity index (χ2n) is 7.66. The molecule has 0 bridgehead atoms. The van der Waals surface area contributed by atoms with Crippen LogP contribution >= 0.6 is 0 Å². The summed E-state index contributed by atoms with van der Waals surface area (Å²) in [6.45, 7) is 10.3. The number of rotatable bonds is 9. The predicted molar refractivity (Wildman–Crippen MR) is 128 cm³/mol. The van der Waals surface area contributed by atoms with Gasteiger partial charge in [0.05, 0.1) is 4.92 Å². The van der Waals surface area contributed by atoms with E-state index in [0.717, 1.165) is 44.1 Å². The first-order valence-corrected chi connectivity index (χ1v) is 11.3. The van der Waals surface area contributed by atoms with Crippen LogP contribution in [-0.4, -0.2) is 63.7 Å². The number of hydrogen-bond donors (Lipinski definition) is 1. The van der Waals surface area contributed by atoms with Gasteiger partial charge in [0.25, 0.3) is 5.69 Å². The summed E-state index contributed by atoms with van der Waals surface area (Å²) < 4.78 is 1.91. The minimum Gasteiger partial charge on any atom is -0.342 e. The first-order chi connectivity index (χ1) is 15.6. The van der Waals surface area contributed by atoms with Crippen molar-refractivity contribution in [1.82, 2.24) is 19.8 Å². The van der Waals surface area contributed by atoms with Gasteiger partial charge in [-0.3, -0.25) is 20.0 Å². The number of nitrogens with one attached hydrogen (secondary N) is 1. The molecule has 1 aromatic heterocycles. The molecular weight excluding hydrogens is 406 g/mol. The van der Waals surface area contributed by atoms with Crippen LogP contribution < -0.4 is 5.43 Å². The van der Waals surface area contributed by atoms with E-state index in [4.69, 9.17) is 0 Å². The van der Waals surface area contributed by atoms with Gasteiger partial charge in [-0.05, 0) is 58.4 Å². The predicted octanol–water partition coefficient (Wildman–Crippen LogP) is 3.64. The van der Waals surface area contributed by atoms with Gasteiger partial charge in [0.1, 0.15) is 5.69 Å². The van der Waals surface area contributed by atoms with E-state index in [0.29, 0.717) is 18.8 Å². The zero-order chi connectivity index (χ0) is 22.9. The highest BCUT2D eigenvalue weighted by Crippen LogP contribution is 2.26. The Bertz CT molecular complexity index is 949. The van der Waals surface area contributed by atoms with Crippen LogP contribution in [0.25, 0.3) is 5.69 Å². The Morgan fingerprint density at radius 2 is 2.03 bits per heavy atom. The number of para-hydroxylation sites is 2. The van der Waals surface area contributed by atoms with Crippen molar-refractivity contribution < 1.29 is 4.92 Å². The molecule has 9 nitrogen and oxygen atoms in total. The molecule has 1 N–H and O–H groups in total. The highest BCUT2D eigenvalue weighted by atomic mass is 16.6. The van der Waals surface area contributed by atoms with Crippen LogP contribution in [0, 0.1) is 10.1 Å². The monoisotopic (exact) mass is 439 g/mol. The van der Waals surface area contributed by atoms with Crippen LogP contribution in [0.5, 0.6) is 0 Å². The lowest BCUT2D eigenvalue weighted by Crippen LogP contribution is -2.39. The normalized spacial score (nSPS) is 17.2. The van der Waals surface area contributed by atoms with Gasteiger partial charge in [-0.2, -0.15) is 5.10 Å². The second-order valence-corrected chi connectivity index (χ2v) is 7.66. The van der Waals surface area contributed by atoms with E-state index in [1.165, 1.54) is 0 Å². The van der Waals surface area contributed by atoms with Gasteiger partial charge < -0.3 is 9.47 Å². The fourth-order valence-corrected chi connectivity index (χ4v) is 4.09. The maximum atomic E-state index is 11.5. The van der Waals surface area contributed by atoms with Gasteiger partial charge in [-0.25, -0.2) is 5.43 Å². The van der Waals surface area contributed by atoms with E-state index < -0.39 is 0 Å². The van der Waals surface area contributed by atoms with Crippen LogP contribution in [-0.2, 0) is 6.54 Å². The Hall–Kier alpha value is -3.20. The van der Waals surface area contributed by atoms with Crippen molar-refractivity contribution in [3.63, 3.8) is 0 Å². The third-order valence-electron chi connectivity index (χ3n) is 5.73. The number of hydrogen-bond acceptors (Lipinski definition) is 5. The summed E-state index contributed by atoms with van der Waals surface area (Å²) in [4.78, 5) is 20.2. The standard InChI is InChI=1S/C23H33N7O2/c1-4-24-23(27(5-2)6-3)26-25-17-19-11-9-15-28(19)18-20-12-10-16-29(20)21-13-7-8-14-22(21)30(31)32/h7-8,10,12-14,16-17,19H,4-6,9,11,15,18H2,1-3H3,(H,24,26)/b25-17+. The maximum Gasteiger partial charge on any atom is 0.293 e.